The van der Waals surface area contributed by atoms with E-state index in [2.05, 4.69) is 10.3 Å². The predicted octanol–water partition coefficient (Wildman–Crippen LogP) is 5.61. The molecule has 1 aliphatic heterocycles. The largest absolute Gasteiger partial charge is 0.493 e. The summed E-state index contributed by atoms with van der Waals surface area (Å²) in [5.41, 5.74) is 5.36. The highest BCUT2D eigenvalue weighted by Crippen LogP contribution is 2.41. The number of para-hydroxylation sites is 1. The van der Waals surface area contributed by atoms with Gasteiger partial charge >= 0.3 is 0 Å². The van der Waals surface area contributed by atoms with Gasteiger partial charge in [0.05, 0.1) is 36.3 Å². The van der Waals surface area contributed by atoms with Crippen LogP contribution in [0.1, 0.15) is 50.7 Å². The number of aliphatic hydroxyl groups is 1. The molecule has 216 valence electrons. The number of hydrogen-bond donors (Lipinski definition) is 3. The Labute approximate surface area is 247 Å². The standard InChI is InChI=1S/C33H33N3O5S/c1-19(2)41-29-16-24-20(14-28(29)40-3)10-11-36-27(24)15-25(31(36)32(38)30-9-6-12-42-30)33(39)35-22(18-37)13-21-17-34-26-8-5-4-7-23(21)26/h4-9,12,14-17,19,22,34,37H,10-11,13,18H2,1-3H3,(H,35,39). The average molecular weight is 584 g/mol. The zero-order chi connectivity index (χ0) is 29.4. The van der Waals surface area contributed by atoms with Crippen molar-refractivity contribution in [2.24, 2.45) is 0 Å². The van der Waals surface area contributed by atoms with Gasteiger partial charge in [-0.1, -0.05) is 24.3 Å². The Kier molecular flexibility index (Phi) is 7.62. The smallest absolute Gasteiger partial charge is 0.253 e. The van der Waals surface area contributed by atoms with Gasteiger partial charge in [-0.15, -0.1) is 11.3 Å². The molecule has 42 heavy (non-hydrogen) atoms. The van der Waals surface area contributed by atoms with Gasteiger partial charge in [0.25, 0.3) is 5.91 Å². The molecule has 1 unspecified atom stereocenters. The van der Waals surface area contributed by atoms with Crippen LogP contribution in [-0.4, -0.2) is 52.2 Å². The molecule has 2 aromatic carbocycles. The molecule has 6 rings (SSSR count). The van der Waals surface area contributed by atoms with Gasteiger partial charge in [0, 0.05) is 34.9 Å². The summed E-state index contributed by atoms with van der Waals surface area (Å²) < 4.78 is 13.6. The lowest BCUT2D eigenvalue weighted by Crippen LogP contribution is -2.39. The van der Waals surface area contributed by atoms with Crippen molar-refractivity contribution in [1.29, 1.82) is 0 Å². The zero-order valence-electron chi connectivity index (χ0n) is 23.8. The quantitative estimate of drug-likeness (QED) is 0.185. The number of methoxy groups -OCH3 is 1. The molecule has 4 heterocycles. The summed E-state index contributed by atoms with van der Waals surface area (Å²) in [6.07, 6.45) is 2.95. The maximum atomic E-state index is 13.9. The SMILES string of the molecule is COc1cc2c(cc1OC(C)C)-c1cc(C(=O)NC(CO)Cc3c[nH]c4ccccc34)c(C(=O)c3cccs3)n1CC2. The Morgan fingerprint density at radius 3 is 2.69 bits per heavy atom. The highest BCUT2D eigenvalue weighted by molar-refractivity contribution is 7.12. The third kappa shape index (κ3) is 5.10. The fourth-order valence-electron chi connectivity index (χ4n) is 5.72. The highest BCUT2D eigenvalue weighted by atomic mass is 32.1. The summed E-state index contributed by atoms with van der Waals surface area (Å²) in [5, 5.41) is 16.2. The average Bonchev–Trinajstić information content (AvgIpc) is 3.75. The van der Waals surface area contributed by atoms with E-state index in [0.29, 0.717) is 41.5 Å². The van der Waals surface area contributed by atoms with E-state index in [-0.39, 0.29) is 24.1 Å². The zero-order valence-corrected chi connectivity index (χ0v) is 24.6. The van der Waals surface area contributed by atoms with E-state index in [1.54, 1.807) is 19.2 Å². The summed E-state index contributed by atoms with van der Waals surface area (Å²) in [6, 6.07) is 16.7. The van der Waals surface area contributed by atoms with Crippen molar-refractivity contribution < 1.29 is 24.2 Å². The second-order valence-electron chi connectivity index (χ2n) is 10.7. The minimum absolute atomic E-state index is 0.0582. The maximum Gasteiger partial charge on any atom is 0.253 e. The minimum Gasteiger partial charge on any atom is -0.493 e. The summed E-state index contributed by atoms with van der Waals surface area (Å²) >= 11 is 1.35. The van der Waals surface area contributed by atoms with Crippen molar-refractivity contribution in [3.63, 3.8) is 0 Å². The van der Waals surface area contributed by atoms with Gasteiger partial charge in [0.2, 0.25) is 5.78 Å². The molecular weight excluding hydrogens is 550 g/mol. The van der Waals surface area contributed by atoms with E-state index in [0.717, 1.165) is 33.3 Å². The fraction of sp³-hybridized carbons (Fsp3) is 0.273. The van der Waals surface area contributed by atoms with E-state index in [9.17, 15) is 14.7 Å². The second kappa shape index (κ2) is 11.5. The number of aliphatic hydroxyl groups excluding tert-OH is 1. The number of thiophene rings is 1. The number of aryl methyl sites for hydroxylation is 1. The first kappa shape index (κ1) is 27.8. The number of nitrogens with zero attached hydrogens (tertiary/aromatic N) is 1. The maximum absolute atomic E-state index is 13.9. The first-order valence-corrected chi connectivity index (χ1v) is 14.9. The number of ether oxygens (including phenoxy) is 2. The van der Waals surface area contributed by atoms with Crippen LogP contribution in [0.2, 0.25) is 0 Å². The number of rotatable bonds is 10. The molecule has 0 fully saturated rings. The third-order valence-electron chi connectivity index (χ3n) is 7.63. The lowest BCUT2D eigenvalue weighted by molar-refractivity contribution is 0.0907. The van der Waals surface area contributed by atoms with Gasteiger partial charge in [0.15, 0.2) is 11.5 Å². The Balaban J connectivity index is 1.39. The number of carbonyl (C=O) groups excluding carboxylic acids is 2. The number of carbonyl (C=O) groups is 2. The topological polar surface area (TPSA) is 106 Å². The van der Waals surface area contributed by atoms with Gasteiger partial charge in [-0.2, -0.15) is 0 Å². The van der Waals surface area contributed by atoms with Gasteiger partial charge in [-0.3, -0.25) is 9.59 Å². The van der Waals surface area contributed by atoms with Crippen LogP contribution in [0, 0.1) is 0 Å². The number of benzene rings is 2. The van der Waals surface area contributed by atoms with Crippen LogP contribution in [0.3, 0.4) is 0 Å². The monoisotopic (exact) mass is 583 g/mol. The van der Waals surface area contributed by atoms with Gasteiger partial charge in [-0.25, -0.2) is 0 Å². The Morgan fingerprint density at radius 2 is 1.95 bits per heavy atom. The summed E-state index contributed by atoms with van der Waals surface area (Å²) in [7, 11) is 1.62. The van der Waals surface area contributed by atoms with Crippen molar-refractivity contribution in [1.82, 2.24) is 14.9 Å². The van der Waals surface area contributed by atoms with Crippen LogP contribution in [-0.2, 0) is 19.4 Å². The van der Waals surface area contributed by atoms with Crippen LogP contribution < -0.4 is 14.8 Å². The lowest BCUT2D eigenvalue weighted by Gasteiger charge is -2.24. The highest BCUT2D eigenvalue weighted by Gasteiger charge is 2.31. The predicted molar refractivity (Wildman–Crippen MR) is 164 cm³/mol. The van der Waals surface area contributed by atoms with E-state index in [1.165, 1.54) is 11.3 Å². The Bertz CT molecular complexity index is 1770. The molecule has 9 heteroatoms. The van der Waals surface area contributed by atoms with Gasteiger partial charge in [0.1, 0.15) is 5.69 Å². The minimum atomic E-state index is -0.541. The molecule has 0 saturated carbocycles. The van der Waals surface area contributed by atoms with Crippen LogP contribution >= 0.6 is 11.3 Å². The van der Waals surface area contributed by atoms with Crippen LogP contribution in [0.5, 0.6) is 11.5 Å². The first-order valence-electron chi connectivity index (χ1n) is 14.0. The Morgan fingerprint density at radius 1 is 1.12 bits per heavy atom. The molecule has 8 nitrogen and oxygen atoms in total. The number of fused-ring (bicyclic) bond motifs is 4. The molecule has 1 atom stereocenters. The molecule has 0 aliphatic carbocycles. The van der Waals surface area contributed by atoms with E-state index < -0.39 is 11.9 Å². The van der Waals surface area contributed by atoms with Crippen molar-refractivity contribution >= 4 is 33.9 Å². The molecule has 0 saturated heterocycles. The molecular formula is C33H33N3O5S. The summed E-state index contributed by atoms with van der Waals surface area (Å²) in [5.74, 6) is 0.661. The number of hydrogen-bond acceptors (Lipinski definition) is 6. The van der Waals surface area contributed by atoms with E-state index in [4.69, 9.17) is 9.47 Å². The van der Waals surface area contributed by atoms with Crippen molar-refractivity contribution in [2.45, 2.75) is 45.4 Å². The molecule has 0 bridgehead atoms. The number of H-pyrrole nitrogens is 1. The molecule has 1 aliphatic rings. The lowest BCUT2D eigenvalue weighted by atomic mass is 9.97. The number of amides is 1. The number of ketones is 1. The Hall–Kier alpha value is -4.34. The summed E-state index contributed by atoms with van der Waals surface area (Å²) in [6.45, 7) is 4.20. The van der Waals surface area contributed by atoms with Crippen molar-refractivity contribution in [3.05, 3.63) is 93.4 Å². The van der Waals surface area contributed by atoms with E-state index in [1.807, 2.05) is 72.5 Å². The number of aromatic nitrogens is 2. The molecule has 0 spiro atoms. The molecule has 5 aromatic rings. The van der Waals surface area contributed by atoms with Crippen LogP contribution in [0.4, 0.5) is 0 Å². The van der Waals surface area contributed by atoms with Crippen molar-refractivity contribution in [3.8, 4) is 22.8 Å². The van der Waals surface area contributed by atoms with Gasteiger partial charge in [-0.05, 0) is 73.5 Å². The molecule has 3 N–H and O–H groups in total. The fourth-order valence-corrected chi connectivity index (χ4v) is 6.39. The number of nitrogens with one attached hydrogen (secondary N) is 2. The second-order valence-corrected chi connectivity index (χ2v) is 11.7. The normalized spacial score (nSPS) is 13.1. The third-order valence-corrected chi connectivity index (χ3v) is 8.50. The molecule has 0 radical (unpaired) electrons. The first-order chi connectivity index (χ1) is 20.4. The molecule has 3 aromatic heterocycles. The number of aromatic amines is 1. The van der Waals surface area contributed by atoms with E-state index >= 15 is 0 Å². The van der Waals surface area contributed by atoms with Crippen molar-refractivity contribution in [2.75, 3.05) is 13.7 Å². The molecule has 1 amide bonds. The summed E-state index contributed by atoms with van der Waals surface area (Å²) in [4.78, 5) is 31.6. The van der Waals surface area contributed by atoms with Crippen LogP contribution in [0.15, 0.2) is 66.2 Å². The van der Waals surface area contributed by atoms with Gasteiger partial charge < -0.3 is 29.4 Å². The van der Waals surface area contributed by atoms with Crippen LogP contribution in [0.25, 0.3) is 22.2 Å².